The van der Waals surface area contributed by atoms with Crippen LogP contribution in [0.5, 0.6) is 0 Å². The first-order chi connectivity index (χ1) is 8.24. The molecule has 1 aromatic carbocycles. The normalized spacial score (nSPS) is 13.4. The van der Waals surface area contributed by atoms with Crippen LogP contribution < -0.4 is 5.32 Å². The lowest BCUT2D eigenvalue weighted by Crippen LogP contribution is -2.47. The predicted molar refractivity (Wildman–Crippen MR) is 70.4 cm³/mol. The van der Waals surface area contributed by atoms with Crippen LogP contribution in [0.1, 0.15) is 31.9 Å². The number of hydrogen-bond donors (Lipinski definition) is 2. The Morgan fingerprint density at radius 2 is 2.11 bits per heavy atom. The van der Waals surface area contributed by atoms with Gasteiger partial charge in [-0.15, -0.1) is 0 Å². The Bertz CT molecular complexity index is 442. The molecule has 100 valence electrons. The Kier molecular flexibility index (Phi) is 4.43. The SMILES string of the molecule is Cc1ccc(CNC(C)(C)C(C)O)cc1[N+](=O)[O-]. The summed E-state index contributed by atoms with van der Waals surface area (Å²) in [6, 6.07) is 5.17. The van der Waals surface area contributed by atoms with Gasteiger partial charge in [0.05, 0.1) is 11.0 Å². The fourth-order valence-corrected chi connectivity index (χ4v) is 1.44. The summed E-state index contributed by atoms with van der Waals surface area (Å²) in [6.45, 7) is 7.69. The summed E-state index contributed by atoms with van der Waals surface area (Å²) in [4.78, 5) is 10.5. The van der Waals surface area contributed by atoms with Gasteiger partial charge in [0.15, 0.2) is 0 Å². The van der Waals surface area contributed by atoms with Gasteiger partial charge in [0.1, 0.15) is 0 Å². The van der Waals surface area contributed by atoms with Crippen molar-refractivity contribution in [2.24, 2.45) is 0 Å². The van der Waals surface area contributed by atoms with E-state index in [0.717, 1.165) is 5.56 Å². The van der Waals surface area contributed by atoms with E-state index in [1.54, 1.807) is 26.0 Å². The number of aryl methyl sites for hydroxylation is 1. The molecule has 0 saturated carbocycles. The Hall–Kier alpha value is -1.46. The zero-order chi connectivity index (χ0) is 13.9. The average Bonchev–Trinajstić information content (AvgIpc) is 2.27. The third-order valence-electron chi connectivity index (χ3n) is 3.26. The largest absolute Gasteiger partial charge is 0.392 e. The molecule has 18 heavy (non-hydrogen) atoms. The van der Waals surface area contributed by atoms with E-state index in [0.29, 0.717) is 12.1 Å². The molecule has 1 aromatic rings. The third-order valence-corrected chi connectivity index (χ3v) is 3.26. The van der Waals surface area contributed by atoms with Crippen molar-refractivity contribution in [3.63, 3.8) is 0 Å². The van der Waals surface area contributed by atoms with Gasteiger partial charge in [0.2, 0.25) is 0 Å². The highest BCUT2D eigenvalue weighted by atomic mass is 16.6. The lowest BCUT2D eigenvalue weighted by Gasteiger charge is -2.29. The van der Waals surface area contributed by atoms with Crippen molar-refractivity contribution < 1.29 is 10.0 Å². The fraction of sp³-hybridized carbons (Fsp3) is 0.538. The summed E-state index contributed by atoms with van der Waals surface area (Å²) in [7, 11) is 0. The second-order valence-electron chi connectivity index (χ2n) is 5.13. The zero-order valence-electron chi connectivity index (χ0n) is 11.2. The lowest BCUT2D eigenvalue weighted by molar-refractivity contribution is -0.385. The number of nitro benzene ring substituents is 1. The summed E-state index contributed by atoms with van der Waals surface area (Å²) in [5.41, 5.74) is 1.18. The van der Waals surface area contributed by atoms with Crippen molar-refractivity contribution in [1.82, 2.24) is 5.32 Å². The van der Waals surface area contributed by atoms with Crippen LogP contribution in [0.15, 0.2) is 18.2 Å². The summed E-state index contributed by atoms with van der Waals surface area (Å²) in [5, 5.41) is 23.6. The number of benzene rings is 1. The van der Waals surface area contributed by atoms with Gasteiger partial charge in [-0.25, -0.2) is 0 Å². The molecule has 1 rings (SSSR count). The molecule has 0 aliphatic carbocycles. The smallest absolute Gasteiger partial charge is 0.272 e. The van der Waals surface area contributed by atoms with E-state index in [9.17, 15) is 15.2 Å². The molecule has 1 unspecified atom stereocenters. The van der Waals surface area contributed by atoms with Crippen molar-refractivity contribution in [3.8, 4) is 0 Å². The first-order valence-electron chi connectivity index (χ1n) is 5.91. The quantitative estimate of drug-likeness (QED) is 0.622. The summed E-state index contributed by atoms with van der Waals surface area (Å²) in [5.74, 6) is 0. The molecular formula is C13H20N2O3. The molecule has 0 amide bonds. The van der Waals surface area contributed by atoms with Crippen LogP contribution >= 0.6 is 0 Å². The van der Waals surface area contributed by atoms with E-state index >= 15 is 0 Å². The van der Waals surface area contributed by atoms with Crippen molar-refractivity contribution >= 4 is 5.69 Å². The number of aliphatic hydroxyl groups excluding tert-OH is 1. The van der Waals surface area contributed by atoms with Crippen LogP contribution in [-0.2, 0) is 6.54 Å². The van der Waals surface area contributed by atoms with Crippen molar-refractivity contribution in [2.75, 3.05) is 0 Å². The molecule has 1 atom stereocenters. The van der Waals surface area contributed by atoms with Crippen LogP contribution in [0.4, 0.5) is 5.69 Å². The van der Waals surface area contributed by atoms with Gasteiger partial charge < -0.3 is 10.4 Å². The summed E-state index contributed by atoms with van der Waals surface area (Å²) < 4.78 is 0. The van der Waals surface area contributed by atoms with Crippen LogP contribution in [0.25, 0.3) is 0 Å². The maximum absolute atomic E-state index is 10.8. The van der Waals surface area contributed by atoms with Gasteiger partial charge in [-0.05, 0) is 33.3 Å². The summed E-state index contributed by atoms with van der Waals surface area (Å²) >= 11 is 0. The molecule has 0 heterocycles. The van der Waals surface area contributed by atoms with E-state index < -0.39 is 11.6 Å². The van der Waals surface area contributed by atoms with E-state index in [2.05, 4.69) is 5.32 Å². The van der Waals surface area contributed by atoms with Crippen molar-refractivity contribution in [3.05, 3.63) is 39.4 Å². The monoisotopic (exact) mass is 252 g/mol. The molecule has 5 nitrogen and oxygen atoms in total. The zero-order valence-corrected chi connectivity index (χ0v) is 11.2. The first-order valence-corrected chi connectivity index (χ1v) is 5.91. The van der Waals surface area contributed by atoms with Crippen LogP contribution in [-0.4, -0.2) is 21.7 Å². The van der Waals surface area contributed by atoms with Crippen molar-refractivity contribution in [1.29, 1.82) is 0 Å². The summed E-state index contributed by atoms with van der Waals surface area (Å²) in [6.07, 6.45) is -0.502. The highest BCUT2D eigenvalue weighted by Crippen LogP contribution is 2.20. The van der Waals surface area contributed by atoms with Gasteiger partial charge in [0, 0.05) is 23.7 Å². The minimum atomic E-state index is -0.502. The van der Waals surface area contributed by atoms with Crippen LogP contribution in [0.2, 0.25) is 0 Å². The molecule has 0 bridgehead atoms. The first kappa shape index (κ1) is 14.6. The molecular weight excluding hydrogens is 232 g/mol. The number of nitro groups is 1. The Balaban J connectivity index is 2.81. The van der Waals surface area contributed by atoms with E-state index in [4.69, 9.17) is 0 Å². The predicted octanol–water partition coefficient (Wildman–Crippen LogP) is 2.15. The highest BCUT2D eigenvalue weighted by molar-refractivity contribution is 5.42. The molecule has 0 aliphatic heterocycles. The molecule has 0 saturated heterocycles. The highest BCUT2D eigenvalue weighted by Gasteiger charge is 2.23. The number of hydrogen-bond acceptors (Lipinski definition) is 4. The van der Waals surface area contributed by atoms with Gasteiger partial charge in [-0.1, -0.05) is 12.1 Å². The minimum absolute atomic E-state index is 0.129. The van der Waals surface area contributed by atoms with Gasteiger partial charge in [0.25, 0.3) is 5.69 Å². The van der Waals surface area contributed by atoms with Crippen molar-refractivity contribution in [2.45, 2.75) is 45.9 Å². The third kappa shape index (κ3) is 3.51. The lowest BCUT2D eigenvalue weighted by atomic mass is 9.98. The number of nitrogens with one attached hydrogen (secondary N) is 1. The van der Waals surface area contributed by atoms with Crippen LogP contribution in [0, 0.1) is 17.0 Å². The van der Waals surface area contributed by atoms with Gasteiger partial charge >= 0.3 is 0 Å². The van der Waals surface area contributed by atoms with E-state index in [-0.39, 0.29) is 10.6 Å². The Morgan fingerprint density at radius 1 is 1.50 bits per heavy atom. The van der Waals surface area contributed by atoms with E-state index in [1.165, 1.54) is 0 Å². The second-order valence-corrected chi connectivity index (χ2v) is 5.13. The Labute approximate surface area is 107 Å². The maximum Gasteiger partial charge on any atom is 0.272 e. The standard InChI is InChI=1S/C13H20N2O3/c1-9-5-6-11(7-12(9)15(17)18)8-14-13(3,4)10(2)16/h5-7,10,14,16H,8H2,1-4H3. The molecule has 0 spiro atoms. The molecule has 0 radical (unpaired) electrons. The van der Waals surface area contributed by atoms with Crippen LogP contribution in [0.3, 0.4) is 0 Å². The minimum Gasteiger partial charge on any atom is -0.392 e. The van der Waals surface area contributed by atoms with Gasteiger partial charge in [-0.2, -0.15) is 0 Å². The Morgan fingerprint density at radius 3 is 2.61 bits per heavy atom. The number of rotatable bonds is 5. The molecule has 2 N–H and O–H groups in total. The average molecular weight is 252 g/mol. The molecule has 0 fully saturated rings. The van der Waals surface area contributed by atoms with Gasteiger partial charge in [-0.3, -0.25) is 10.1 Å². The molecule has 0 aliphatic rings. The van der Waals surface area contributed by atoms with E-state index in [1.807, 2.05) is 19.9 Å². The number of aliphatic hydroxyl groups is 1. The number of nitrogens with zero attached hydrogens (tertiary/aromatic N) is 1. The molecule has 0 aromatic heterocycles. The molecule has 5 heteroatoms. The maximum atomic E-state index is 10.8. The fourth-order valence-electron chi connectivity index (χ4n) is 1.44. The second kappa shape index (κ2) is 5.46. The topological polar surface area (TPSA) is 75.4 Å².